The third-order valence-corrected chi connectivity index (χ3v) is 4.87. The van der Waals surface area contributed by atoms with Gasteiger partial charge < -0.3 is 0 Å². The quantitative estimate of drug-likeness (QED) is 0.632. The zero-order chi connectivity index (χ0) is 12.7. The largest absolute Gasteiger partial charge is 0.257 e. The summed E-state index contributed by atoms with van der Waals surface area (Å²) >= 11 is 11.4. The fourth-order valence-electron chi connectivity index (χ4n) is 2.03. The van der Waals surface area contributed by atoms with Crippen LogP contribution in [0, 0.1) is 0 Å². The summed E-state index contributed by atoms with van der Waals surface area (Å²) in [5, 5.41) is 8.37. The van der Waals surface area contributed by atoms with Gasteiger partial charge in [0.05, 0.1) is 17.8 Å². The van der Waals surface area contributed by atoms with E-state index in [1.165, 1.54) is 4.88 Å². The molecule has 5 heteroatoms. The van der Waals surface area contributed by atoms with Gasteiger partial charge in [-0.15, -0.1) is 11.3 Å². The second kappa shape index (κ2) is 4.68. The Bertz CT molecular complexity index is 690. The number of fused-ring (bicyclic) bond motifs is 1. The molecular formula is C13H10BrClN2S. The molecule has 0 fully saturated rings. The number of rotatable bonds is 2. The van der Waals surface area contributed by atoms with Gasteiger partial charge >= 0.3 is 0 Å². The molecule has 92 valence electrons. The molecule has 1 aromatic carbocycles. The van der Waals surface area contributed by atoms with Crippen LogP contribution in [0.15, 0.2) is 40.3 Å². The Kier molecular flexibility index (Phi) is 3.18. The summed E-state index contributed by atoms with van der Waals surface area (Å²) in [6.45, 7) is 2.15. The van der Waals surface area contributed by atoms with Crippen LogP contribution in [0.5, 0.6) is 0 Å². The Morgan fingerprint density at radius 2 is 2.28 bits per heavy atom. The lowest BCUT2D eigenvalue weighted by atomic mass is 10.2. The van der Waals surface area contributed by atoms with Gasteiger partial charge in [0.15, 0.2) is 0 Å². The van der Waals surface area contributed by atoms with Crippen molar-refractivity contribution >= 4 is 49.8 Å². The fraction of sp³-hybridized carbons (Fsp3) is 0.154. The summed E-state index contributed by atoms with van der Waals surface area (Å²) in [7, 11) is 0. The van der Waals surface area contributed by atoms with Crippen LogP contribution in [-0.4, -0.2) is 9.78 Å². The molecule has 0 bridgehead atoms. The van der Waals surface area contributed by atoms with Crippen LogP contribution in [0.25, 0.3) is 10.9 Å². The molecule has 0 aliphatic heterocycles. The minimum Gasteiger partial charge on any atom is -0.257 e. The topological polar surface area (TPSA) is 17.8 Å². The molecule has 3 rings (SSSR count). The summed E-state index contributed by atoms with van der Waals surface area (Å²) < 4.78 is 2.99. The Labute approximate surface area is 122 Å². The molecule has 0 saturated carbocycles. The van der Waals surface area contributed by atoms with Crippen molar-refractivity contribution in [2.24, 2.45) is 0 Å². The zero-order valence-corrected chi connectivity index (χ0v) is 12.8. The smallest absolute Gasteiger partial charge is 0.0839 e. The first kappa shape index (κ1) is 12.2. The zero-order valence-electron chi connectivity index (χ0n) is 9.60. The number of nitrogens with zero attached hydrogens (tertiary/aromatic N) is 2. The highest BCUT2D eigenvalue weighted by Gasteiger charge is 2.14. The first-order valence-corrected chi connectivity index (χ1v) is 7.57. The van der Waals surface area contributed by atoms with Gasteiger partial charge in [0.1, 0.15) is 0 Å². The first-order valence-electron chi connectivity index (χ1n) is 5.52. The second-order valence-corrected chi connectivity index (χ2v) is 6.37. The van der Waals surface area contributed by atoms with Crippen LogP contribution >= 0.6 is 38.9 Å². The Balaban J connectivity index is 2.18. The van der Waals surface area contributed by atoms with E-state index in [1.54, 1.807) is 11.3 Å². The molecule has 3 aromatic rings. The van der Waals surface area contributed by atoms with Crippen molar-refractivity contribution in [3.63, 3.8) is 0 Å². The molecule has 1 atom stereocenters. The number of hydrogen-bond acceptors (Lipinski definition) is 2. The first-order chi connectivity index (χ1) is 8.66. The summed E-state index contributed by atoms with van der Waals surface area (Å²) in [6, 6.07) is 8.26. The number of halogens is 2. The van der Waals surface area contributed by atoms with Gasteiger partial charge in [0.2, 0.25) is 0 Å². The van der Waals surface area contributed by atoms with Crippen LogP contribution in [0.1, 0.15) is 17.8 Å². The molecule has 0 spiro atoms. The Morgan fingerprint density at radius 3 is 3.00 bits per heavy atom. The van der Waals surface area contributed by atoms with Gasteiger partial charge in [0.25, 0.3) is 0 Å². The molecule has 0 saturated heterocycles. The van der Waals surface area contributed by atoms with Crippen molar-refractivity contribution in [1.29, 1.82) is 0 Å². The molecule has 0 N–H and O–H groups in total. The molecule has 0 radical (unpaired) electrons. The van der Waals surface area contributed by atoms with Crippen molar-refractivity contribution in [3.8, 4) is 0 Å². The highest BCUT2D eigenvalue weighted by Crippen LogP contribution is 2.31. The van der Waals surface area contributed by atoms with E-state index < -0.39 is 0 Å². The number of thiophene rings is 1. The van der Waals surface area contributed by atoms with Crippen molar-refractivity contribution in [2.75, 3.05) is 0 Å². The second-order valence-electron chi connectivity index (χ2n) is 4.10. The van der Waals surface area contributed by atoms with Gasteiger partial charge in [-0.05, 0) is 46.4 Å². The van der Waals surface area contributed by atoms with Crippen LogP contribution in [0.4, 0.5) is 0 Å². The monoisotopic (exact) mass is 340 g/mol. The van der Waals surface area contributed by atoms with Crippen molar-refractivity contribution in [2.45, 2.75) is 13.0 Å². The highest BCUT2D eigenvalue weighted by atomic mass is 79.9. The van der Waals surface area contributed by atoms with E-state index in [-0.39, 0.29) is 6.04 Å². The standard InChI is InChI=1S/C13H10BrClN2S/c1-8(13-3-2-4-18-13)17-12-6-9(15)5-11(14)10(12)7-16-17/h2-8H,1H3. The number of aromatic nitrogens is 2. The maximum absolute atomic E-state index is 6.11. The molecule has 2 nitrogen and oxygen atoms in total. The van der Waals surface area contributed by atoms with Crippen molar-refractivity contribution in [3.05, 3.63) is 50.2 Å². The normalized spacial score (nSPS) is 13.1. The van der Waals surface area contributed by atoms with E-state index in [0.29, 0.717) is 0 Å². The minimum atomic E-state index is 0.216. The molecule has 2 heterocycles. The third kappa shape index (κ3) is 1.98. The average molecular weight is 342 g/mol. The molecule has 0 aliphatic rings. The lowest BCUT2D eigenvalue weighted by Crippen LogP contribution is -2.06. The van der Waals surface area contributed by atoms with E-state index in [0.717, 1.165) is 20.4 Å². The Morgan fingerprint density at radius 1 is 1.44 bits per heavy atom. The molecule has 1 unspecified atom stereocenters. The predicted octanol–water partition coefficient (Wildman–Crippen LogP) is 5.12. The lowest BCUT2D eigenvalue weighted by Gasteiger charge is -2.12. The summed E-state index contributed by atoms with van der Waals surface area (Å²) in [6.07, 6.45) is 1.87. The van der Waals surface area contributed by atoms with Gasteiger partial charge in [0, 0.05) is 19.8 Å². The van der Waals surface area contributed by atoms with Crippen LogP contribution in [0.3, 0.4) is 0 Å². The maximum atomic E-state index is 6.11. The van der Waals surface area contributed by atoms with E-state index in [4.69, 9.17) is 11.6 Å². The van der Waals surface area contributed by atoms with Crippen LogP contribution in [-0.2, 0) is 0 Å². The molecular weight excluding hydrogens is 332 g/mol. The fourth-order valence-corrected chi connectivity index (χ4v) is 3.69. The summed E-state index contributed by atoms with van der Waals surface area (Å²) in [5.41, 5.74) is 1.05. The minimum absolute atomic E-state index is 0.216. The number of hydrogen-bond donors (Lipinski definition) is 0. The highest BCUT2D eigenvalue weighted by molar-refractivity contribution is 9.10. The molecule has 18 heavy (non-hydrogen) atoms. The molecule has 0 aliphatic carbocycles. The van der Waals surface area contributed by atoms with E-state index >= 15 is 0 Å². The maximum Gasteiger partial charge on any atom is 0.0839 e. The van der Waals surface area contributed by atoms with Gasteiger partial charge in [-0.3, -0.25) is 4.68 Å². The van der Waals surface area contributed by atoms with Crippen LogP contribution in [0.2, 0.25) is 5.02 Å². The summed E-state index contributed by atoms with van der Waals surface area (Å²) in [4.78, 5) is 1.29. The number of benzene rings is 1. The van der Waals surface area contributed by atoms with E-state index in [1.807, 2.05) is 23.0 Å². The van der Waals surface area contributed by atoms with Gasteiger partial charge in [-0.2, -0.15) is 5.10 Å². The third-order valence-electron chi connectivity index (χ3n) is 2.95. The van der Waals surface area contributed by atoms with E-state index in [9.17, 15) is 0 Å². The van der Waals surface area contributed by atoms with E-state index in [2.05, 4.69) is 45.5 Å². The van der Waals surface area contributed by atoms with Crippen molar-refractivity contribution < 1.29 is 0 Å². The SMILES string of the molecule is CC(c1cccs1)n1ncc2c(Br)cc(Cl)cc21. The molecule has 0 amide bonds. The lowest BCUT2D eigenvalue weighted by molar-refractivity contribution is 0.593. The van der Waals surface area contributed by atoms with Crippen molar-refractivity contribution in [1.82, 2.24) is 9.78 Å². The molecule has 2 aromatic heterocycles. The van der Waals surface area contributed by atoms with Crippen LogP contribution < -0.4 is 0 Å². The summed E-state index contributed by atoms with van der Waals surface area (Å²) in [5.74, 6) is 0. The van der Waals surface area contributed by atoms with Gasteiger partial charge in [-0.1, -0.05) is 17.7 Å². The average Bonchev–Trinajstić information content (AvgIpc) is 2.96. The Hall–Kier alpha value is -0.840. The predicted molar refractivity (Wildman–Crippen MR) is 80.6 cm³/mol. The van der Waals surface area contributed by atoms with Gasteiger partial charge in [-0.25, -0.2) is 0 Å².